The molecule has 0 aromatic carbocycles. The molecular formula is C8H8BrN3O2. The molecule has 0 bridgehead atoms. The van der Waals surface area contributed by atoms with E-state index in [1.165, 1.54) is 0 Å². The van der Waals surface area contributed by atoms with Gasteiger partial charge in [-0.1, -0.05) is 5.16 Å². The summed E-state index contributed by atoms with van der Waals surface area (Å²) in [6.45, 7) is 0.490. The van der Waals surface area contributed by atoms with Crippen LogP contribution in [0.3, 0.4) is 0 Å². The Morgan fingerprint density at radius 2 is 2.29 bits per heavy atom. The number of nitrogens with two attached hydrogens (primary N) is 1. The van der Waals surface area contributed by atoms with Gasteiger partial charge in [0.25, 0.3) is 0 Å². The summed E-state index contributed by atoms with van der Waals surface area (Å²) in [5, 5.41) is 3.76. The number of aromatic nitrogens is 2. The van der Waals surface area contributed by atoms with Crippen LogP contribution in [0.1, 0.15) is 5.89 Å². The summed E-state index contributed by atoms with van der Waals surface area (Å²) in [5.74, 6) is 1.54. The predicted molar refractivity (Wildman–Crippen MR) is 52.5 cm³/mol. The second kappa shape index (κ2) is 3.93. The largest absolute Gasteiger partial charge is 0.446 e. The van der Waals surface area contributed by atoms with Crippen molar-refractivity contribution in [1.29, 1.82) is 0 Å². The molecule has 14 heavy (non-hydrogen) atoms. The van der Waals surface area contributed by atoms with Gasteiger partial charge in [0.1, 0.15) is 0 Å². The molecule has 0 spiro atoms. The molecule has 0 aliphatic heterocycles. The molecule has 2 heterocycles. The van der Waals surface area contributed by atoms with E-state index in [0.717, 1.165) is 0 Å². The van der Waals surface area contributed by atoms with Crippen LogP contribution in [0.2, 0.25) is 0 Å². The molecule has 2 N–H and O–H groups in total. The quantitative estimate of drug-likeness (QED) is 0.904. The van der Waals surface area contributed by atoms with Crippen molar-refractivity contribution < 1.29 is 8.94 Å². The minimum absolute atomic E-state index is 0.444. The number of hydrogen-bond donors (Lipinski definition) is 1. The van der Waals surface area contributed by atoms with E-state index in [0.29, 0.717) is 35.1 Å². The summed E-state index contributed by atoms with van der Waals surface area (Å²) in [4.78, 5) is 4.11. The molecule has 2 aromatic rings. The number of hydrogen-bond acceptors (Lipinski definition) is 5. The monoisotopic (exact) mass is 257 g/mol. The zero-order valence-electron chi connectivity index (χ0n) is 7.24. The third-order valence-corrected chi connectivity index (χ3v) is 2.05. The maximum Gasteiger partial charge on any atom is 0.238 e. The highest BCUT2D eigenvalue weighted by molar-refractivity contribution is 9.10. The minimum atomic E-state index is 0.444. The minimum Gasteiger partial charge on any atom is -0.446 e. The molecule has 0 radical (unpaired) electrons. The van der Waals surface area contributed by atoms with Gasteiger partial charge in [-0.25, -0.2) is 0 Å². The molecule has 0 aliphatic rings. The number of nitrogens with zero attached hydrogens (tertiary/aromatic N) is 2. The van der Waals surface area contributed by atoms with E-state index in [2.05, 4.69) is 26.1 Å². The van der Waals surface area contributed by atoms with Gasteiger partial charge < -0.3 is 14.7 Å². The molecule has 0 saturated carbocycles. The Bertz CT molecular complexity index is 424. The van der Waals surface area contributed by atoms with Crippen LogP contribution in [0.5, 0.6) is 0 Å². The van der Waals surface area contributed by atoms with Crippen LogP contribution < -0.4 is 5.73 Å². The van der Waals surface area contributed by atoms with E-state index in [-0.39, 0.29) is 0 Å². The molecule has 0 amide bonds. The molecule has 5 nitrogen and oxygen atoms in total. The SMILES string of the molecule is NCCc1nc(-c2ccc(Br)o2)no1. The summed E-state index contributed by atoms with van der Waals surface area (Å²) in [7, 11) is 0. The highest BCUT2D eigenvalue weighted by atomic mass is 79.9. The van der Waals surface area contributed by atoms with Crippen molar-refractivity contribution in [2.75, 3.05) is 6.54 Å². The molecule has 0 fully saturated rings. The van der Waals surface area contributed by atoms with Crippen LogP contribution >= 0.6 is 15.9 Å². The van der Waals surface area contributed by atoms with Gasteiger partial charge in [-0.3, -0.25) is 0 Å². The zero-order chi connectivity index (χ0) is 9.97. The van der Waals surface area contributed by atoms with Gasteiger partial charge in [-0.15, -0.1) is 0 Å². The number of furan rings is 1. The first kappa shape index (κ1) is 9.42. The fourth-order valence-corrected chi connectivity index (χ4v) is 1.32. The maximum atomic E-state index is 5.35. The van der Waals surface area contributed by atoms with Gasteiger partial charge in [-0.05, 0) is 28.1 Å². The van der Waals surface area contributed by atoms with Crippen molar-refractivity contribution in [3.8, 4) is 11.6 Å². The second-order valence-electron chi connectivity index (χ2n) is 2.65. The molecule has 0 aliphatic carbocycles. The van der Waals surface area contributed by atoms with Gasteiger partial charge in [-0.2, -0.15) is 4.98 Å². The van der Waals surface area contributed by atoms with Crippen LogP contribution in [0.15, 0.2) is 25.7 Å². The Hall–Kier alpha value is -1.14. The number of rotatable bonds is 3. The van der Waals surface area contributed by atoms with E-state index >= 15 is 0 Å². The van der Waals surface area contributed by atoms with Crippen LogP contribution in [-0.2, 0) is 6.42 Å². The van der Waals surface area contributed by atoms with Crippen molar-refractivity contribution in [1.82, 2.24) is 10.1 Å². The highest BCUT2D eigenvalue weighted by Gasteiger charge is 2.11. The average molecular weight is 258 g/mol. The Kier molecular flexibility index (Phi) is 2.64. The summed E-state index contributed by atoms with van der Waals surface area (Å²) in [6, 6.07) is 3.54. The summed E-state index contributed by atoms with van der Waals surface area (Å²) < 4.78 is 10.9. The molecule has 0 saturated heterocycles. The first-order valence-electron chi connectivity index (χ1n) is 4.08. The molecule has 2 aromatic heterocycles. The lowest BCUT2D eigenvalue weighted by molar-refractivity contribution is 0.379. The van der Waals surface area contributed by atoms with Gasteiger partial charge in [0.05, 0.1) is 0 Å². The Morgan fingerprint density at radius 3 is 2.93 bits per heavy atom. The number of halogens is 1. The smallest absolute Gasteiger partial charge is 0.238 e. The topological polar surface area (TPSA) is 78.1 Å². The highest BCUT2D eigenvalue weighted by Crippen LogP contribution is 2.22. The summed E-state index contributed by atoms with van der Waals surface area (Å²) in [6.07, 6.45) is 0.578. The molecule has 6 heteroatoms. The summed E-state index contributed by atoms with van der Waals surface area (Å²) in [5.41, 5.74) is 5.35. The van der Waals surface area contributed by atoms with Gasteiger partial charge >= 0.3 is 0 Å². The van der Waals surface area contributed by atoms with Gasteiger partial charge in [0, 0.05) is 13.0 Å². The lowest BCUT2D eigenvalue weighted by Gasteiger charge is -1.85. The van der Waals surface area contributed by atoms with Gasteiger partial charge in [0.2, 0.25) is 11.7 Å². The zero-order valence-corrected chi connectivity index (χ0v) is 8.82. The lowest BCUT2D eigenvalue weighted by atomic mass is 10.4. The second-order valence-corrected chi connectivity index (χ2v) is 3.44. The van der Waals surface area contributed by atoms with Crippen molar-refractivity contribution in [2.24, 2.45) is 5.73 Å². The standard InChI is InChI=1S/C8H8BrN3O2/c9-6-2-1-5(13-6)8-11-7(3-4-10)14-12-8/h1-2H,3-4,10H2. The van der Waals surface area contributed by atoms with Crippen LogP contribution in [0.4, 0.5) is 0 Å². The predicted octanol–water partition coefficient (Wildman–Crippen LogP) is 1.59. The van der Waals surface area contributed by atoms with Crippen LogP contribution in [0.25, 0.3) is 11.6 Å². The molecule has 2 rings (SSSR count). The first-order valence-corrected chi connectivity index (χ1v) is 4.87. The Morgan fingerprint density at radius 1 is 1.43 bits per heavy atom. The molecule has 0 atom stereocenters. The fraction of sp³-hybridized carbons (Fsp3) is 0.250. The fourth-order valence-electron chi connectivity index (χ4n) is 1.01. The lowest BCUT2D eigenvalue weighted by Crippen LogP contribution is -2.02. The van der Waals surface area contributed by atoms with Crippen molar-refractivity contribution in [3.63, 3.8) is 0 Å². The molecule has 74 valence electrons. The molecular weight excluding hydrogens is 250 g/mol. The Balaban J connectivity index is 2.24. The third kappa shape index (κ3) is 1.85. The van der Waals surface area contributed by atoms with E-state index in [4.69, 9.17) is 14.7 Å². The maximum absolute atomic E-state index is 5.35. The summed E-state index contributed by atoms with van der Waals surface area (Å²) >= 11 is 3.19. The van der Waals surface area contributed by atoms with E-state index < -0.39 is 0 Å². The Labute approximate surface area is 88.4 Å². The van der Waals surface area contributed by atoms with Crippen LogP contribution in [-0.4, -0.2) is 16.7 Å². The average Bonchev–Trinajstić information content (AvgIpc) is 2.74. The van der Waals surface area contributed by atoms with Gasteiger partial charge in [0.15, 0.2) is 10.4 Å². The van der Waals surface area contributed by atoms with Crippen LogP contribution in [0, 0.1) is 0 Å². The van der Waals surface area contributed by atoms with E-state index in [9.17, 15) is 0 Å². The normalized spacial score (nSPS) is 10.7. The van der Waals surface area contributed by atoms with Crippen molar-refractivity contribution >= 4 is 15.9 Å². The van der Waals surface area contributed by atoms with E-state index in [1.54, 1.807) is 12.1 Å². The first-order chi connectivity index (χ1) is 6.79. The van der Waals surface area contributed by atoms with E-state index in [1.807, 2.05) is 0 Å². The third-order valence-electron chi connectivity index (χ3n) is 1.62. The molecule has 0 unspecified atom stereocenters. The van der Waals surface area contributed by atoms with Crippen molar-refractivity contribution in [3.05, 3.63) is 22.7 Å². The van der Waals surface area contributed by atoms with Crippen molar-refractivity contribution in [2.45, 2.75) is 6.42 Å².